The number of hydrogen-bond acceptors (Lipinski definition) is 1. The summed E-state index contributed by atoms with van der Waals surface area (Å²) < 4.78 is 50.8. The van der Waals surface area contributed by atoms with E-state index in [4.69, 9.17) is 5.11 Å². The molecule has 0 saturated heterocycles. The molecule has 2 atom stereocenters. The Morgan fingerprint density at radius 1 is 1.39 bits per heavy atom. The van der Waals surface area contributed by atoms with Crippen LogP contribution >= 0.6 is 0 Å². The molecule has 0 fully saturated rings. The van der Waals surface area contributed by atoms with Crippen molar-refractivity contribution in [2.45, 2.75) is 31.6 Å². The number of halogens is 4. The molecule has 2 nitrogen and oxygen atoms in total. The minimum atomic E-state index is -4.52. The van der Waals surface area contributed by atoms with E-state index in [2.05, 4.69) is 0 Å². The molecule has 1 rings (SSSR count). The summed E-state index contributed by atoms with van der Waals surface area (Å²) in [6.07, 6.45) is -6.60. The van der Waals surface area contributed by atoms with Crippen molar-refractivity contribution in [3.63, 3.8) is 0 Å². The monoisotopic (exact) mass is 264 g/mol. The zero-order valence-electron chi connectivity index (χ0n) is 9.54. The molecule has 0 saturated carbocycles. The second-order valence-corrected chi connectivity index (χ2v) is 4.01. The van der Waals surface area contributed by atoms with Crippen LogP contribution in [-0.2, 0) is 11.0 Å². The molecule has 6 heteroatoms. The molecule has 2 unspecified atom stereocenters. The Balaban J connectivity index is 3.09. The summed E-state index contributed by atoms with van der Waals surface area (Å²) in [6, 6.07) is 4.11. The molecule has 0 spiro atoms. The third-order valence-corrected chi connectivity index (χ3v) is 2.59. The van der Waals surface area contributed by atoms with Crippen molar-refractivity contribution < 1.29 is 27.5 Å². The van der Waals surface area contributed by atoms with E-state index in [0.29, 0.717) is 0 Å². The van der Waals surface area contributed by atoms with E-state index in [1.165, 1.54) is 6.07 Å². The number of aliphatic carboxylic acids is 1. The third-order valence-electron chi connectivity index (χ3n) is 2.59. The van der Waals surface area contributed by atoms with Crippen LogP contribution in [0.4, 0.5) is 17.6 Å². The highest BCUT2D eigenvalue weighted by molar-refractivity contribution is 5.68. The highest BCUT2D eigenvalue weighted by Crippen LogP contribution is 2.33. The molecule has 1 aromatic carbocycles. The molecule has 0 bridgehead atoms. The van der Waals surface area contributed by atoms with Crippen LogP contribution in [0.25, 0.3) is 0 Å². The molecule has 0 radical (unpaired) electrons. The molecular weight excluding hydrogens is 252 g/mol. The van der Waals surface area contributed by atoms with Gasteiger partial charge in [0.15, 0.2) is 0 Å². The fraction of sp³-hybridized carbons (Fsp3) is 0.417. The predicted molar refractivity (Wildman–Crippen MR) is 57.0 cm³/mol. The lowest BCUT2D eigenvalue weighted by Crippen LogP contribution is -2.16. The van der Waals surface area contributed by atoms with Crippen molar-refractivity contribution in [3.8, 4) is 0 Å². The molecular formula is C12H12F4O2. The Hall–Kier alpha value is -1.59. The first kappa shape index (κ1) is 14.5. The molecule has 0 aliphatic carbocycles. The highest BCUT2D eigenvalue weighted by Gasteiger charge is 2.32. The lowest BCUT2D eigenvalue weighted by atomic mass is 9.91. The van der Waals surface area contributed by atoms with Gasteiger partial charge in [0.1, 0.15) is 6.17 Å². The van der Waals surface area contributed by atoms with Crippen LogP contribution in [0.15, 0.2) is 24.3 Å². The van der Waals surface area contributed by atoms with Gasteiger partial charge in [-0.1, -0.05) is 18.2 Å². The first-order valence-corrected chi connectivity index (χ1v) is 5.25. The van der Waals surface area contributed by atoms with Gasteiger partial charge in [0.2, 0.25) is 0 Å². The third kappa shape index (κ3) is 3.72. The molecule has 1 N–H and O–H groups in total. The number of rotatable bonds is 4. The van der Waals surface area contributed by atoms with Crippen LogP contribution in [-0.4, -0.2) is 17.2 Å². The Morgan fingerprint density at radius 2 is 2.00 bits per heavy atom. The summed E-state index contributed by atoms with van der Waals surface area (Å²) in [4.78, 5) is 10.6. The summed E-state index contributed by atoms with van der Waals surface area (Å²) in [5.41, 5.74) is -0.863. The predicted octanol–water partition coefficient (Wildman–Crippen LogP) is 3.62. The molecule has 0 aliphatic heterocycles. The number of carbonyl (C=O) groups is 1. The normalized spacial score (nSPS) is 15.2. The van der Waals surface area contributed by atoms with Crippen molar-refractivity contribution in [1.29, 1.82) is 0 Å². The van der Waals surface area contributed by atoms with Gasteiger partial charge in [0.05, 0.1) is 12.0 Å². The summed E-state index contributed by atoms with van der Waals surface area (Å²) in [5.74, 6) is -2.33. The maximum Gasteiger partial charge on any atom is 0.416 e. The van der Waals surface area contributed by atoms with Gasteiger partial charge in [0, 0.05) is 5.92 Å². The zero-order chi connectivity index (χ0) is 13.9. The van der Waals surface area contributed by atoms with Gasteiger partial charge >= 0.3 is 12.1 Å². The lowest BCUT2D eigenvalue weighted by Gasteiger charge is -2.18. The van der Waals surface area contributed by atoms with E-state index in [1.807, 2.05) is 0 Å². The van der Waals surface area contributed by atoms with Crippen molar-refractivity contribution in [1.82, 2.24) is 0 Å². The van der Waals surface area contributed by atoms with E-state index >= 15 is 0 Å². The van der Waals surface area contributed by atoms with E-state index in [0.717, 1.165) is 25.1 Å². The smallest absolute Gasteiger partial charge is 0.416 e. The molecule has 0 heterocycles. The average Bonchev–Trinajstić information content (AvgIpc) is 2.24. The van der Waals surface area contributed by atoms with Crippen LogP contribution in [0.2, 0.25) is 0 Å². The van der Waals surface area contributed by atoms with Gasteiger partial charge in [-0.15, -0.1) is 0 Å². The van der Waals surface area contributed by atoms with Crippen molar-refractivity contribution in [2.75, 3.05) is 0 Å². The van der Waals surface area contributed by atoms with Crippen molar-refractivity contribution in [2.24, 2.45) is 0 Å². The molecule has 0 aromatic heterocycles. The molecule has 0 aliphatic rings. The van der Waals surface area contributed by atoms with Crippen molar-refractivity contribution in [3.05, 3.63) is 35.4 Å². The fourth-order valence-corrected chi connectivity index (χ4v) is 1.68. The van der Waals surface area contributed by atoms with Gasteiger partial charge in [-0.3, -0.25) is 4.79 Å². The summed E-state index contributed by atoms with van der Waals surface area (Å²) in [7, 11) is 0. The summed E-state index contributed by atoms with van der Waals surface area (Å²) >= 11 is 0. The standard InChI is InChI=1S/C12H12F4O2/c1-7(13)10(6-11(17)18)8-3-2-4-9(5-8)12(14,15)16/h2-5,7,10H,6H2,1H3,(H,17,18). The number of hydrogen-bond donors (Lipinski definition) is 1. The van der Waals surface area contributed by atoms with E-state index in [9.17, 15) is 22.4 Å². The second-order valence-electron chi connectivity index (χ2n) is 4.01. The van der Waals surface area contributed by atoms with Crippen LogP contribution in [0.1, 0.15) is 30.4 Å². The number of benzene rings is 1. The first-order chi connectivity index (χ1) is 8.21. The SMILES string of the molecule is CC(F)C(CC(=O)O)c1cccc(C(F)(F)F)c1. The van der Waals surface area contributed by atoms with Gasteiger partial charge in [-0.05, 0) is 18.6 Å². The van der Waals surface area contributed by atoms with E-state index in [1.54, 1.807) is 0 Å². The van der Waals surface area contributed by atoms with Crippen LogP contribution in [0.3, 0.4) is 0 Å². The lowest BCUT2D eigenvalue weighted by molar-refractivity contribution is -0.138. The van der Waals surface area contributed by atoms with Gasteiger partial charge < -0.3 is 5.11 Å². The van der Waals surface area contributed by atoms with Gasteiger partial charge in [-0.25, -0.2) is 4.39 Å². The maximum atomic E-state index is 13.3. The molecule has 1 aromatic rings. The number of carboxylic acid groups (broad SMARTS) is 1. The Kier molecular flexibility index (Phi) is 4.32. The minimum Gasteiger partial charge on any atom is -0.481 e. The molecule has 18 heavy (non-hydrogen) atoms. The minimum absolute atomic E-state index is 0.0437. The topological polar surface area (TPSA) is 37.3 Å². The first-order valence-electron chi connectivity index (χ1n) is 5.25. The zero-order valence-corrected chi connectivity index (χ0v) is 9.54. The number of alkyl halides is 4. The maximum absolute atomic E-state index is 13.3. The van der Waals surface area contributed by atoms with Crippen LogP contribution in [0, 0.1) is 0 Å². The Bertz CT molecular complexity index is 426. The molecule has 100 valence electrons. The van der Waals surface area contributed by atoms with Gasteiger partial charge in [0.25, 0.3) is 0 Å². The Morgan fingerprint density at radius 3 is 2.44 bits per heavy atom. The van der Waals surface area contributed by atoms with E-state index < -0.39 is 36.2 Å². The van der Waals surface area contributed by atoms with Crippen LogP contribution < -0.4 is 0 Å². The quantitative estimate of drug-likeness (QED) is 0.843. The highest BCUT2D eigenvalue weighted by atomic mass is 19.4. The average molecular weight is 264 g/mol. The Labute approximate surface area is 101 Å². The summed E-state index contributed by atoms with van der Waals surface area (Å²) in [6.45, 7) is 1.13. The largest absolute Gasteiger partial charge is 0.481 e. The number of carboxylic acids is 1. The van der Waals surface area contributed by atoms with E-state index in [-0.39, 0.29) is 5.56 Å². The fourth-order valence-electron chi connectivity index (χ4n) is 1.68. The molecule has 0 amide bonds. The van der Waals surface area contributed by atoms with Crippen molar-refractivity contribution >= 4 is 5.97 Å². The van der Waals surface area contributed by atoms with Gasteiger partial charge in [-0.2, -0.15) is 13.2 Å². The summed E-state index contributed by atoms with van der Waals surface area (Å²) in [5, 5.41) is 8.63. The van der Waals surface area contributed by atoms with Crippen LogP contribution in [0.5, 0.6) is 0 Å². The second kappa shape index (κ2) is 5.37.